The lowest BCUT2D eigenvalue weighted by Crippen LogP contribution is -2.13. The zero-order chi connectivity index (χ0) is 17.7. The fourth-order valence-electron chi connectivity index (χ4n) is 3.19. The number of hydrogen-bond donors (Lipinski definition) is 2. The summed E-state index contributed by atoms with van der Waals surface area (Å²) in [5.74, 6) is -0.850. The Morgan fingerprint density at radius 1 is 1.33 bits per heavy atom. The quantitative estimate of drug-likeness (QED) is 0.777. The van der Waals surface area contributed by atoms with Gasteiger partial charge in [-0.25, -0.2) is 4.39 Å². The van der Waals surface area contributed by atoms with Gasteiger partial charge >= 0.3 is 0 Å². The molecule has 1 amide bonds. The number of halogens is 1. The number of carbonyl (C=O) groups excluding carboxylic acids is 1. The summed E-state index contributed by atoms with van der Waals surface area (Å²) in [6.45, 7) is 4.64. The average molecular weight is 332 g/mol. The number of hydrogen-bond acceptors (Lipinski definition) is 2. The van der Waals surface area contributed by atoms with Crippen molar-refractivity contribution in [3.63, 3.8) is 0 Å². The van der Waals surface area contributed by atoms with Crippen LogP contribution >= 0.6 is 0 Å². The Bertz CT molecular complexity index is 722. The minimum atomic E-state index is -0.507. The number of carbonyl (C=O) groups is 1. The third-order valence-electron chi connectivity index (χ3n) is 4.30. The molecule has 24 heavy (non-hydrogen) atoms. The Hall–Kier alpha value is -2.14. The fraction of sp³-hybridized carbons (Fsp3) is 0.421. The number of benzene rings is 1. The van der Waals surface area contributed by atoms with E-state index in [1.54, 1.807) is 12.1 Å². The molecule has 0 aliphatic rings. The van der Waals surface area contributed by atoms with E-state index in [0.717, 1.165) is 36.2 Å². The molecule has 4 nitrogen and oxygen atoms in total. The van der Waals surface area contributed by atoms with E-state index in [-0.39, 0.29) is 12.4 Å². The molecule has 0 aliphatic heterocycles. The van der Waals surface area contributed by atoms with Crippen LogP contribution in [0, 0.1) is 12.7 Å². The van der Waals surface area contributed by atoms with Crippen molar-refractivity contribution in [2.24, 2.45) is 5.73 Å². The van der Waals surface area contributed by atoms with Gasteiger partial charge < -0.3 is 15.4 Å². The molecule has 0 bridgehead atoms. The molecule has 5 heteroatoms. The maximum Gasteiger partial charge on any atom is 0.251 e. The Balaban J connectivity index is 2.70. The highest BCUT2D eigenvalue weighted by Gasteiger charge is 2.24. The van der Waals surface area contributed by atoms with Crippen molar-refractivity contribution in [2.45, 2.75) is 46.1 Å². The van der Waals surface area contributed by atoms with Crippen LogP contribution in [0.3, 0.4) is 0 Å². The SMILES string of the molecule is CCCCc1c(-c2cccc(F)c2)c(C(N)=O)c(C)n1CCCO. The summed E-state index contributed by atoms with van der Waals surface area (Å²) in [6.07, 6.45) is 3.35. The van der Waals surface area contributed by atoms with Crippen molar-refractivity contribution in [1.82, 2.24) is 4.57 Å². The lowest BCUT2D eigenvalue weighted by Gasteiger charge is -2.12. The first-order valence-corrected chi connectivity index (χ1v) is 8.39. The van der Waals surface area contributed by atoms with Gasteiger partial charge in [0.05, 0.1) is 5.56 Å². The van der Waals surface area contributed by atoms with E-state index < -0.39 is 5.91 Å². The molecule has 0 atom stereocenters. The highest BCUT2D eigenvalue weighted by atomic mass is 19.1. The zero-order valence-electron chi connectivity index (χ0n) is 14.3. The standard InChI is InChI=1S/C19H25FN2O2/c1-3-4-9-16-18(14-7-5-8-15(20)12-14)17(19(21)24)13(2)22(16)10-6-11-23/h5,7-8,12,23H,3-4,6,9-11H2,1-2H3,(H2,21,24). The molecular weight excluding hydrogens is 307 g/mol. The van der Waals surface area contributed by atoms with Crippen molar-refractivity contribution in [2.75, 3.05) is 6.61 Å². The maximum atomic E-state index is 13.7. The van der Waals surface area contributed by atoms with E-state index in [2.05, 4.69) is 6.92 Å². The van der Waals surface area contributed by atoms with Crippen LogP contribution in [0.15, 0.2) is 24.3 Å². The van der Waals surface area contributed by atoms with Crippen LogP contribution in [-0.2, 0) is 13.0 Å². The van der Waals surface area contributed by atoms with E-state index in [9.17, 15) is 9.18 Å². The van der Waals surface area contributed by atoms with Gasteiger partial charge in [0.15, 0.2) is 0 Å². The number of amides is 1. The van der Waals surface area contributed by atoms with Crippen LogP contribution in [-0.4, -0.2) is 22.2 Å². The third kappa shape index (κ3) is 3.67. The van der Waals surface area contributed by atoms with E-state index in [0.29, 0.717) is 24.1 Å². The molecule has 1 aromatic carbocycles. The molecule has 1 heterocycles. The third-order valence-corrected chi connectivity index (χ3v) is 4.30. The van der Waals surface area contributed by atoms with Gasteiger partial charge in [0.1, 0.15) is 5.82 Å². The van der Waals surface area contributed by atoms with Crippen LogP contribution in [0.4, 0.5) is 4.39 Å². The predicted octanol–water partition coefficient (Wildman–Crippen LogP) is 3.43. The molecule has 0 aliphatic carbocycles. The van der Waals surface area contributed by atoms with Gasteiger partial charge in [-0.3, -0.25) is 4.79 Å². The Kier molecular flexibility index (Phi) is 6.15. The number of nitrogens with zero attached hydrogens (tertiary/aromatic N) is 1. The van der Waals surface area contributed by atoms with Gasteiger partial charge in [0, 0.05) is 30.1 Å². The molecule has 0 saturated heterocycles. The molecule has 3 N–H and O–H groups in total. The summed E-state index contributed by atoms with van der Waals surface area (Å²) in [5, 5.41) is 9.17. The average Bonchev–Trinajstić information content (AvgIpc) is 2.83. The second-order valence-electron chi connectivity index (χ2n) is 5.99. The molecule has 2 rings (SSSR count). The van der Waals surface area contributed by atoms with Crippen molar-refractivity contribution < 1.29 is 14.3 Å². The summed E-state index contributed by atoms with van der Waals surface area (Å²) in [7, 11) is 0. The number of primary amides is 1. The smallest absolute Gasteiger partial charge is 0.251 e. The van der Waals surface area contributed by atoms with Crippen LogP contribution in [0.1, 0.15) is 47.9 Å². The summed E-state index contributed by atoms with van der Waals surface area (Å²) in [6, 6.07) is 6.26. The second-order valence-corrected chi connectivity index (χ2v) is 5.99. The molecule has 0 radical (unpaired) electrons. The van der Waals surface area contributed by atoms with Crippen LogP contribution in [0.2, 0.25) is 0 Å². The van der Waals surface area contributed by atoms with Crippen LogP contribution in [0.25, 0.3) is 11.1 Å². The minimum absolute atomic E-state index is 0.0754. The Morgan fingerprint density at radius 3 is 2.67 bits per heavy atom. The lowest BCUT2D eigenvalue weighted by atomic mass is 9.97. The monoisotopic (exact) mass is 332 g/mol. The van der Waals surface area contributed by atoms with Gasteiger partial charge in [0.25, 0.3) is 5.91 Å². The number of nitrogens with two attached hydrogens (primary N) is 1. The molecule has 0 fully saturated rings. The normalized spacial score (nSPS) is 11.0. The largest absolute Gasteiger partial charge is 0.396 e. The topological polar surface area (TPSA) is 68.2 Å². The molecule has 0 saturated carbocycles. The first-order valence-electron chi connectivity index (χ1n) is 8.39. The van der Waals surface area contributed by atoms with Crippen LogP contribution < -0.4 is 5.73 Å². The van der Waals surface area contributed by atoms with Gasteiger partial charge in [-0.1, -0.05) is 25.5 Å². The summed E-state index contributed by atoms with van der Waals surface area (Å²) in [4.78, 5) is 12.1. The van der Waals surface area contributed by atoms with E-state index >= 15 is 0 Å². The number of aliphatic hydroxyl groups excluding tert-OH is 1. The van der Waals surface area contributed by atoms with Gasteiger partial charge in [0.2, 0.25) is 0 Å². The predicted molar refractivity (Wildman–Crippen MR) is 93.4 cm³/mol. The summed E-state index contributed by atoms with van der Waals surface area (Å²) < 4.78 is 15.8. The molecule has 2 aromatic rings. The van der Waals surface area contributed by atoms with Crippen molar-refractivity contribution in [1.29, 1.82) is 0 Å². The molecule has 0 unspecified atom stereocenters. The summed E-state index contributed by atoms with van der Waals surface area (Å²) >= 11 is 0. The highest BCUT2D eigenvalue weighted by molar-refractivity contribution is 6.02. The van der Waals surface area contributed by atoms with E-state index in [1.165, 1.54) is 12.1 Å². The molecule has 1 aromatic heterocycles. The fourth-order valence-corrected chi connectivity index (χ4v) is 3.19. The summed E-state index contributed by atoms with van der Waals surface area (Å²) in [5.41, 5.74) is 9.25. The second kappa shape index (κ2) is 8.11. The molecular formula is C19H25FN2O2. The number of unbranched alkanes of at least 4 members (excludes halogenated alkanes) is 1. The van der Waals surface area contributed by atoms with Crippen molar-refractivity contribution in [3.05, 3.63) is 47.0 Å². The number of aromatic nitrogens is 1. The van der Waals surface area contributed by atoms with Gasteiger partial charge in [-0.2, -0.15) is 0 Å². The van der Waals surface area contributed by atoms with Crippen molar-refractivity contribution >= 4 is 5.91 Å². The van der Waals surface area contributed by atoms with Gasteiger partial charge in [-0.05, 0) is 43.9 Å². The number of aliphatic hydroxyl groups is 1. The first kappa shape index (κ1) is 18.2. The zero-order valence-corrected chi connectivity index (χ0v) is 14.3. The molecule has 130 valence electrons. The van der Waals surface area contributed by atoms with Gasteiger partial charge in [-0.15, -0.1) is 0 Å². The lowest BCUT2D eigenvalue weighted by molar-refractivity contribution is 0.1000. The maximum absolute atomic E-state index is 13.7. The minimum Gasteiger partial charge on any atom is -0.396 e. The number of rotatable bonds is 8. The van der Waals surface area contributed by atoms with Crippen LogP contribution in [0.5, 0.6) is 0 Å². The Labute approximate surface area is 142 Å². The Morgan fingerprint density at radius 2 is 2.08 bits per heavy atom. The van der Waals surface area contributed by atoms with E-state index in [4.69, 9.17) is 10.8 Å². The van der Waals surface area contributed by atoms with Crippen molar-refractivity contribution in [3.8, 4) is 11.1 Å². The highest BCUT2D eigenvalue weighted by Crippen LogP contribution is 2.34. The first-order chi connectivity index (χ1) is 11.5. The van der Waals surface area contributed by atoms with E-state index in [1.807, 2.05) is 11.5 Å². The molecule has 0 spiro atoms.